The van der Waals surface area contributed by atoms with Gasteiger partial charge in [0.05, 0.1) is 11.0 Å². The molecule has 14 heteroatoms. The van der Waals surface area contributed by atoms with Crippen molar-refractivity contribution in [2.45, 2.75) is 6.92 Å². The van der Waals surface area contributed by atoms with E-state index in [1.165, 1.54) is 13.3 Å². The summed E-state index contributed by atoms with van der Waals surface area (Å²) in [6, 6.07) is 24.3. The number of phenolic OH excluding ortho intramolecular Hbond substituents is 1. The number of nitrogens with two attached hydrogens (primary N) is 1. The maximum Gasteiger partial charge on any atom is 0.141 e. The fourth-order valence-corrected chi connectivity index (χ4v) is 5.53. The molecule has 12 nitrogen and oxygen atoms in total. The van der Waals surface area contributed by atoms with Gasteiger partial charge >= 0.3 is 88.1 Å². The second-order valence-electron chi connectivity index (χ2n) is 9.14. The van der Waals surface area contributed by atoms with Crippen LogP contribution >= 0.6 is 11.6 Å². The molecule has 0 atom stereocenters. The zero-order chi connectivity index (χ0) is 31.7. The third-order valence-electron chi connectivity index (χ3n) is 5.77. The number of nitrogens with zero attached hydrogens (tertiary/aromatic N) is 4. The Bertz CT molecular complexity index is 1910. The van der Waals surface area contributed by atoms with E-state index in [9.17, 15) is 8.53 Å². The van der Waals surface area contributed by atoms with Crippen LogP contribution in [0.3, 0.4) is 0 Å². The fraction of sp³-hybridized carbons (Fsp3) is 0.0333. The number of carbonyl (C=O) groups excluding carboxylic acids is 1. The largest absolute Gasteiger partial charge is 0.399 e. The van der Waals surface area contributed by atoms with E-state index in [0.29, 0.717) is 16.5 Å². The van der Waals surface area contributed by atoms with Crippen molar-refractivity contribution in [2.75, 3.05) is 16.4 Å². The van der Waals surface area contributed by atoms with Gasteiger partial charge in [-0.1, -0.05) is 35.9 Å². The first-order valence-electron chi connectivity index (χ1n) is 12.8. The van der Waals surface area contributed by atoms with E-state index in [-0.39, 0.29) is 15.8 Å². The first-order chi connectivity index (χ1) is 21.0. The molecule has 6 aromatic rings. The third-order valence-corrected chi connectivity index (χ3v) is 8.14. The Morgan fingerprint density at radius 1 is 0.886 bits per heavy atom. The number of phenols is 1. The molecule has 6 rings (SSSR count). The minimum atomic E-state index is -5.08. The van der Waals surface area contributed by atoms with Crippen molar-refractivity contribution in [3.8, 4) is 5.75 Å². The van der Waals surface area contributed by atoms with Gasteiger partial charge in [0.15, 0.2) is 0 Å². The Labute approximate surface area is 259 Å². The number of anilines is 4. The van der Waals surface area contributed by atoms with Gasteiger partial charge in [0, 0.05) is 33.4 Å². The zero-order valence-corrected chi connectivity index (χ0v) is 25.8. The second-order valence-corrected chi connectivity index (χ2v) is 12.9. The second kappa shape index (κ2) is 14.4. The number of carbonyl (C=O) groups is 1. The van der Waals surface area contributed by atoms with Crippen molar-refractivity contribution < 1.29 is 21.8 Å². The predicted molar refractivity (Wildman–Crippen MR) is 171 cm³/mol. The van der Waals surface area contributed by atoms with E-state index < -0.39 is 20.1 Å². The molecular weight excluding hydrogens is 649 g/mol. The number of aromatic hydroxyl groups is 1. The van der Waals surface area contributed by atoms with Crippen LogP contribution in [0.4, 0.5) is 22.9 Å². The summed E-state index contributed by atoms with van der Waals surface area (Å²) in [5.74, 6) is 0.0665. The SMILES string of the molecule is CC(=O)Nc1cc(O)ccc1[As](=O)(O)O.Nc1ccc2ncnc(Nc3cccc(Cl)c3)c2c1.c1ccc2ncncc2c1. The number of amides is 1. The topological polar surface area (TPSA) is 196 Å². The number of nitrogens with one attached hydrogen (secondary N) is 2. The molecule has 1 amide bonds. The molecule has 0 fully saturated rings. The summed E-state index contributed by atoms with van der Waals surface area (Å²) < 4.78 is 28.8. The summed E-state index contributed by atoms with van der Waals surface area (Å²) in [6.45, 7) is 1.21. The van der Waals surface area contributed by atoms with Gasteiger partial charge in [-0.3, -0.25) is 0 Å². The van der Waals surface area contributed by atoms with Crippen LogP contribution in [-0.2, 0) is 8.53 Å². The van der Waals surface area contributed by atoms with Crippen LogP contribution in [0.2, 0.25) is 5.02 Å². The monoisotopic (exact) mass is 675 g/mol. The Hall–Kier alpha value is -5.00. The molecule has 0 radical (unpaired) electrons. The molecule has 0 aliphatic rings. The molecule has 0 unspecified atom stereocenters. The van der Waals surface area contributed by atoms with Crippen molar-refractivity contribution in [3.63, 3.8) is 0 Å². The number of halogens is 1. The Balaban J connectivity index is 0.000000158. The molecule has 2 heterocycles. The van der Waals surface area contributed by atoms with E-state index in [2.05, 4.69) is 30.6 Å². The van der Waals surface area contributed by atoms with Crippen molar-refractivity contribution in [1.82, 2.24) is 19.9 Å². The maximum absolute atomic E-state index is 11.1. The molecule has 0 saturated heterocycles. The number of hydrogen-bond acceptors (Lipinski definition) is 9. The molecule has 0 saturated carbocycles. The number of aromatic nitrogens is 4. The first kappa shape index (κ1) is 31.9. The third kappa shape index (κ3) is 9.00. The van der Waals surface area contributed by atoms with Crippen LogP contribution < -0.4 is 20.7 Å². The zero-order valence-electron chi connectivity index (χ0n) is 23.2. The number of benzene rings is 4. The number of rotatable bonds is 4. The molecule has 0 aliphatic heterocycles. The summed E-state index contributed by atoms with van der Waals surface area (Å²) in [7, 11) is 0. The number of hydrogen-bond donors (Lipinski definition) is 6. The summed E-state index contributed by atoms with van der Waals surface area (Å²) in [5.41, 5.74) is 9.13. The molecule has 0 bridgehead atoms. The van der Waals surface area contributed by atoms with Crippen molar-refractivity contribution >= 4 is 80.7 Å². The molecule has 44 heavy (non-hydrogen) atoms. The minimum absolute atomic E-state index is 0.0602. The van der Waals surface area contributed by atoms with Gasteiger partial charge in [-0.15, -0.1) is 0 Å². The van der Waals surface area contributed by atoms with Gasteiger partial charge in [-0.2, -0.15) is 0 Å². The van der Waals surface area contributed by atoms with E-state index in [1.807, 2.05) is 72.9 Å². The van der Waals surface area contributed by atoms with Crippen LogP contribution in [0.1, 0.15) is 6.92 Å². The van der Waals surface area contributed by atoms with E-state index in [1.54, 1.807) is 6.33 Å². The number of para-hydroxylation sites is 1. The molecular formula is C30H27AsClN7O5. The fourth-order valence-electron chi connectivity index (χ4n) is 3.87. The molecule has 7 N–H and O–H groups in total. The molecule has 4 aromatic carbocycles. The Kier molecular flexibility index (Phi) is 10.5. The van der Waals surface area contributed by atoms with Crippen LogP contribution in [0.25, 0.3) is 21.8 Å². The van der Waals surface area contributed by atoms with Gasteiger partial charge in [-0.05, 0) is 42.5 Å². The first-order valence-corrected chi connectivity index (χ1v) is 16.6. The maximum atomic E-state index is 11.1. The molecule has 0 aliphatic carbocycles. The molecule has 2 aromatic heterocycles. The van der Waals surface area contributed by atoms with Gasteiger partial charge in [0.25, 0.3) is 0 Å². The Morgan fingerprint density at radius 3 is 2.39 bits per heavy atom. The van der Waals surface area contributed by atoms with Gasteiger partial charge in [-0.25, -0.2) is 19.9 Å². The summed E-state index contributed by atoms with van der Waals surface area (Å²) in [4.78, 5) is 27.2. The average Bonchev–Trinajstić information content (AvgIpc) is 2.97. The smallest absolute Gasteiger partial charge is 0.141 e. The normalized spacial score (nSPS) is 10.6. The van der Waals surface area contributed by atoms with Gasteiger partial charge in [0.1, 0.15) is 18.5 Å². The average molecular weight is 676 g/mol. The van der Waals surface area contributed by atoms with Crippen LogP contribution in [0.5, 0.6) is 5.75 Å². The standard InChI is InChI=1S/C14H11ClN4.C8H10AsNO5.C8H6N2/c15-9-2-1-3-11(6-9)19-14-12-7-10(16)4-5-13(12)17-8-18-14;1-5(11)10-8-4-6(12)2-3-7(8)9(13,14)15;1-2-4-8-7(3-1)5-9-6-10-8/h1-8H,16H2,(H,17,18,19);2-4,12H,1H3,(H,10,11)(H2,13,14,15);1-6H. The Morgan fingerprint density at radius 2 is 1.66 bits per heavy atom. The van der Waals surface area contributed by atoms with Crippen molar-refractivity contribution in [1.29, 1.82) is 0 Å². The van der Waals surface area contributed by atoms with Gasteiger partial charge in [0.2, 0.25) is 0 Å². The number of fused-ring (bicyclic) bond motifs is 2. The van der Waals surface area contributed by atoms with Crippen molar-refractivity contribution in [3.05, 3.63) is 109 Å². The van der Waals surface area contributed by atoms with Crippen molar-refractivity contribution in [2.24, 2.45) is 0 Å². The summed E-state index contributed by atoms with van der Waals surface area (Å²) >= 11 is 0.879. The predicted octanol–water partition coefficient (Wildman–Crippen LogP) is 4.15. The molecule has 0 spiro atoms. The van der Waals surface area contributed by atoms with E-state index in [0.717, 1.165) is 45.7 Å². The van der Waals surface area contributed by atoms with Crippen LogP contribution in [0, 0.1) is 0 Å². The van der Waals surface area contributed by atoms with E-state index >= 15 is 0 Å². The molecule has 224 valence electrons. The number of nitrogen functional groups attached to an aromatic ring is 1. The minimum Gasteiger partial charge on any atom is -0.399 e. The summed E-state index contributed by atoms with van der Waals surface area (Å²) in [5, 5.41) is 17.2. The van der Waals surface area contributed by atoms with Crippen LogP contribution in [0.15, 0.2) is 104 Å². The van der Waals surface area contributed by atoms with Gasteiger partial charge < -0.3 is 11.1 Å². The quantitative estimate of drug-likeness (QED) is 0.116. The summed E-state index contributed by atoms with van der Waals surface area (Å²) in [6.07, 6.45) is 4.88. The van der Waals surface area contributed by atoms with Crippen LogP contribution in [-0.4, -0.2) is 53.3 Å². The van der Waals surface area contributed by atoms with E-state index in [4.69, 9.17) is 30.6 Å².